The maximum absolute atomic E-state index is 13.5. The van der Waals surface area contributed by atoms with Crippen LogP contribution in [0.2, 0.25) is 5.02 Å². The van der Waals surface area contributed by atoms with Crippen LogP contribution in [-0.2, 0) is 9.53 Å². The molecule has 0 spiro atoms. The molecule has 4 nitrogen and oxygen atoms in total. The molecule has 6 heteroatoms. The highest BCUT2D eigenvalue weighted by molar-refractivity contribution is 6.30. The van der Waals surface area contributed by atoms with Gasteiger partial charge in [0, 0.05) is 18.1 Å². The summed E-state index contributed by atoms with van der Waals surface area (Å²) in [5.74, 6) is -0.747. The number of amides is 1. The summed E-state index contributed by atoms with van der Waals surface area (Å²) >= 11 is 5.77. The number of hydrogen-bond acceptors (Lipinski definition) is 3. The Hall–Kier alpha value is -1.17. The zero-order valence-corrected chi connectivity index (χ0v) is 11.4. The number of nitrogens with zero attached hydrogens (tertiary/aromatic N) is 1. The molecule has 1 heterocycles. The number of carbonyl (C=O) groups is 1. The van der Waals surface area contributed by atoms with Gasteiger partial charge in [-0.2, -0.15) is 0 Å². The highest BCUT2D eigenvalue weighted by Crippen LogP contribution is 2.19. The van der Waals surface area contributed by atoms with Crippen LogP contribution in [0.1, 0.15) is 6.92 Å². The molecule has 1 amide bonds. The van der Waals surface area contributed by atoms with Gasteiger partial charge in [0.15, 0.2) is 0 Å². The molecule has 0 bridgehead atoms. The second kappa shape index (κ2) is 6.32. The van der Waals surface area contributed by atoms with Crippen LogP contribution in [0, 0.1) is 5.82 Å². The van der Waals surface area contributed by atoms with Crippen LogP contribution < -0.4 is 5.32 Å². The van der Waals surface area contributed by atoms with E-state index in [9.17, 15) is 9.18 Å². The topological polar surface area (TPSA) is 41.6 Å². The summed E-state index contributed by atoms with van der Waals surface area (Å²) in [6, 6.07) is 4.07. The molecule has 19 heavy (non-hydrogen) atoms. The third kappa shape index (κ3) is 4.16. The molecule has 0 unspecified atom stereocenters. The first-order valence-electron chi connectivity index (χ1n) is 6.13. The summed E-state index contributed by atoms with van der Waals surface area (Å²) in [6.45, 7) is 4.20. The maximum atomic E-state index is 13.5. The average molecular weight is 287 g/mol. The first kappa shape index (κ1) is 14.2. The highest BCUT2D eigenvalue weighted by atomic mass is 35.5. The normalized spacial score (nSPS) is 20.3. The highest BCUT2D eigenvalue weighted by Gasteiger charge is 2.19. The van der Waals surface area contributed by atoms with E-state index in [0.29, 0.717) is 24.7 Å². The van der Waals surface area contributed by atoms with Gasteiger partial charge in [-0.05, 0) is 25.1 Å². The van der Waals surface area contributed by atoms with Gasteiger partial charge in [-0.1, -0.05) is 11.6 Å². The average Bonchev–Trinajstić information content (AvgIpc) is 2.34. The van der Waals surface area contributed by atoms with Gasteiger partial charge in [-0.25, -0.2) is 4.39 Å². The van der Waals surface area contributed by atoms with Crippen molar-refractivity contribution in [3.8, 4) is 0 Å². The Morgan fingerprint density at radius 1 is 1.63 bits per heavy atom. The summed E-state index contributed by atoms with van der Waals surface area (Å²) in [4.78, 5) is 13.8. The SMILES string of the molecule is C[C@@H]1CN(CC(=O)Nc2cc(Cl)ccc2F)CCO1. The quantitative estimate of drug-likeness (QED) is 0.926. The van der Waals surface area contributed by atoms with Crippen molar-refractivity contribution in [3.05, 3.63) is 29.0 Å². The minimum Gasteiger partial charge on any atom is -0.376 e. The van der Waals surface area contributed by atoms with Gasteiger partial charge in [0.25, 0.3) is 0 Å². The van der Waals surface area contributed by atoms with Crippen molar-refractivity contribution in [2.24, 2.45) is 0 Å². The standard InChI is InChI=1S/C13H16ClFN2O2/c1-9-7-17(4-5-19-9)8-13(18)16-12-6-10(14)2-3-11(12)15/h2-3,6,9H,4-5,7-8H2,1H3,(H,16,18)/t9-/m1/s1. The van der Waals surface area contributed by atoms with Gasteiger partial charge >= 0.3 is 0 Å². The fraction of sp³-hybridized carbons (Fsp3) is 0.462. The minimum absolute atomic E-state index is 0.110. The van der Waals surface area contributed by atoms with E-state index in [1.165, 1.54) is 18.2 Å². The Kier molecular flexibility index (Phi) is 4.74. The third-order valence-electron chi connectivity index (χ3n) is 2.89. The largest absolute Gasteiger partial charge is 0.376 e. The summed E-state index contributed by atoms with van der Waals surface area (Å²) in [7, 11) is 0. The monoisotopic (exact) mass is 286 g/mol. The van der Waals surface area contributed by atoms with Crippen molar-refractivity contribution in [2.45, 2.75) is 13.0 Å². The predicted molar refractivity (Wildman–Crippen MR) is 71.9 cm³/mol. The molecule has 0 saturated carbocycles. The van der Waals surface area contributed by atoms with Crippen LogP contribution in [0.25, 0.3) is 0 Å². The van der Waals surface area contributed by atoms with Crippen LogP contribution >= 0.6 is 11.6 Å². The number of nitrogens with one attached hydrogen (secondary N) is 1. The van der Waals surface area contributed by atoms with Crippen molar-refractivity contribution in [2.75, 3.05) is 31.6 Å². The first-order chi connectivity index (χ1) is 9.04. The number of rotatable bonds is 3. The van der Waals surface area contributed by atoms with E-state index in [2.05, 4.69) is 5.32 Å². The van der Waals surface area contributed by atoms with E-state index in [0.717, 1.165) is 0 Å². The molecule has 1 fully saturated rings. The van der Waals surface area contributed by atoms with E-state index < -0.39 is 5.82 Å². The van der Waals surface area contributed by atoms with Gasteiger partial charge in [-0.15, -0.1) is 0 Å². The van der Waals surface area contributed by atoms with Crippen molar-refractivity contribution < 1.29 is 13.9 Å². The van der Waals surface area contributed by atoms with Gasteiger partial charge in [-0.3, -0.25) is 9.69 Å². The first-order valence-corrected chi connectivity index (χ1v) is 6.51. The van der Waals surface area contributed by atoms with Gasteiger partial charge in [0.1, 0.15) is 5.82 Å². The van der Waals surface area contributed by atoms with E-state index in [1.54, 1.807) is 0 Å². The Morgan fingerprint density at radius 2 is 2.42 bits per heavy atom. The molecule has 104 valence electrons. The van der Waals surface area contributed by atoms with E-state index in [1.807, 2.05) is 11.8 Å². The Labute approximate surface area is 116 Å². The molecule has 1 N–H and O–H groups in total. The second-order valence-electron chi connectivity index (χ2n) is 4.59. The second-order valence-corrected chi connectivity index (χ2v) is 5.03. The maximum Gasteiger partial charge on any atom is 0.238 e. The van der Waals surface area contributed by atoms with Crippen molar-refractivity contribution >= 4 is 23.2 Å². The molecule has 1 aliphatic rings. The number of benzene rings is 1. The zero-order chi connectivity index (χ0) is 13.8. The molecular weight excluding hydrogens is 271 g/mol. The van der Waals surface area contributed by atoms with Crippen LogP contribution in [0.3, 0.4) is 0 Å². The minimum atomic E-state index is -0.493. The molecular formula is C13H16ClFN2O2. The van der Waals surface area contributed by atoms with Crippen molar-refractivity contribution in [3.63, 3.8) is 0 Å². The molecule has 1 saturated heterocycles. The molecule has 1 aromatic carbocycles. The summed E-state index contributed by atoms with van der Waals surface area (Å²) in [5, 5.41) is 2.92. The van der Waals surface area contributed by atoms with Crippen LogP contribution in [0.4, 0.5) is 10.1 Å². The van der Waals surface area contributed by atoms with Gasteiger partial charge < -0.3 is 10.1 Å². The molecule has 0 aromatic heterocycles. The van der Waals surface area contributed by atoms with E-state index >= 15 is 0 Å². The van der Waals surface area contributed by atoms with Gasteiger partial charge in [0.05, 0.1) is 24.9 Å². The number of carbonyl (C=O) groups excluding carboxylic acids is 1. The fourth-order valence-electron chi connectivity index (χ4n) is 2.02. The number of anilines is 1. The molecule has 0 aliphatic carbocycles. The summed E-state index contributed by atoms with van der Waals surface area (Å²) in [6.07, 6.45) is 0.115. The molecule has 1 atom stereocenters. The van der Waals surface area contributed by atoms with Crippen molar-refractivity contribution in [1.82, 2.24) is 4.90 Å². The zero-order valence-electron chi connectivity index (χ0n) is 10.7. The lowest BCUT2D eigenvalue weighted by Crippen LogP contribution is -2.44. The Bertz CT molecular complexity index is 470. The Balaban J connectivity index is 1.92. The molecule has 2 rings (SSSR count). The predicted octanol–water partition coefficient (Wildman–Crippen LogP) is 2.14. The number of hydrogen-bond donors (Lipinski definition) is 1. The van der Waals surface area contributed by atoms with Crippen molar-refractivity contribution in [1.29, 1.82) is 0 Å². The third-order valence-corrected chi connectivity index (χ3v) is 3.13. The van der Waals surface area contributed by atoms with Crippen LogP contribution in [-0.4, -0.2) is 43.2 Å². The lowest BCUT2D eigenvalue weighted by molar-refractivity contribution is -0.119. The van der Waals surface area contributed by atoms with Crippen LogP contribution in [0.15, 0.2) is 18.2 Å². The fourth-order valence-corrected chi connectivity index (χ4v) is 2.19. The lowest BCUT2D eigenvalue weighted by Gasteiger charge is -2.30. The van der Waals surface area contributed by atoms with Crippen LogP contribution in [0.5, 0.6) is 0 Å². The van der Waals surface area contributed by atoms with Gasteiger partial charge in [0.2, 0.25) is 5.91 Å². The number of ether oxygens (including phenoxy) is 1. The summed E-state index contributed by atoms with van der Waals surface area (Å²) < 4.78 is 18.9. The number of halogens is 2. The molecule has 1 aliphatic heterocycles. The summed E-state index contributed by atoms with van der Waals surface area (Å²) in [5.41, 5.74) is 0.110. The Morgan fingerprint density at radius 3 is 3.16 bits per heavy atom. The molecule has 0 radical (unpaired) electrons. The smallest absolute Gasteiger partial charge is 0.238 e. The van der Waals surface area contributed by atoms with E-state index in [4.69, 9.17) is 16.3 Å². The van der Waals surface area contributed by atoms with E-state index in [-0.39, 0.29) is 24.2 Å². The molecule has 1 aromatic rings. The number of morpholine rings is 1. The lowest BCUT2D eigenvalue weighted by atomic mass is 10.3.